The highest BCUT2D eigenvalue weighted by Crippen LogP contribution is 2.40. The number of nitrogens with zero attached hydrogens (tertiary/aromatic N) is 2. The zero-order valence-electron chi connectivity index (χ0n) is 9.63. The number of rotatable bonds is 4. The molecule has 1 aliphatic rings. The van der Waals surface area contributed by atoms with E-state index in [0.717, 1.165) is 16.8 Å². The molecule has 0 amide bonds. The van der Waals surface area contributed by atoms with E-state index in [2.05, 4.69) is 17.1 Å². The molecule has 90 valence electrons. The van der Waals surface area contributed by atoms with Crippen molar-refractivity contribution in [1.29, 1.82) is 0 Å². The minimum Gasteiger partial charge on any atom is -0.330 e. The second kappa shape index (κ2) is 5.98. The molecular weight excluding hydrogens is 238 g/mol. The number of hydrogen-bond donors (Lipinski definition) is 1. The zero-order chi connectivity index (χ0) is 11.4. The molecule has 1 aromatic rings. The van der Waals surface area contributed by atoms with Crippen LogP contribution in [0.3, 0.4) is 0 Å². The van der Waals surface area contributed by atoms with Crippen molar-refractivity contribution in [3.63, 3.8) is 0 Å². The van der Waals surface area contributed by atoms with Gasteiger partial charge in [-0.2, -0.15) is 0 Å². The van der Waals surface area contributed by atoms with Crippen molar-refractivity contribution in [2.75, 3.05) is 6.54 Å². The van der Waals surface area contributed by atoms with E-state index >= 15 is 0 Å². The lowest BCUT2D eigenvalue weighted by molar-refractivity contribution is 0.283. The molecule has 3 atom stereocenters. The Morgan fingerprint density at radius 3 is 3.06 bits per heavy atom. The third kappa shape index (κ3) is 2.96. The molecule has 0 bridgehead atoms. The second-order valence-corrected chi connectivity index (χ2v) is 6.76. The SMILES string of the molecule is CCC1CCC(CN)C(Sc2nncs2)C1. The van der Waals surface area contributed by atoms with Crippen molar-refractivity contribution in [2.45, 2.75) is 42.2 Å². The quantitative estimate of drug-likeness (QED) is 0.901. The predicted molar refractivity (Wildman–Crippen MR) is 69.7 cm³/mol. The molecule has 2 rings (SSSR count). The van der Waals surface area contributed by atoms with Gasteiger partial charge < -0.3 is 5.73 Å². The largest absolute Gasteiger partial charge is 0.330 e. The number of thioether (sulfide) groups is 1. The maximum atomic E-state index is 5.86. The van der Waals surface area contributed by atoms with Crippen LogP contribution in [0.1, 0.15) is 32.6 Å². The first-order chi connectivity index (χ1) is 7.83. The number of aromatic nitrogens is 2. The summed E-state index contributed by atoms with van der Waals surface area (Å²) in [6.07, 6.45) is 5.23. The number of hydrogen-bond acceptors (Lipinski definition) is 5. The summed E-state index contributed by atoms with van der Waals surface area (Å²) in [5, 5.41) is 8.66. The van der Waals surface area contributed by atoms with Crippen molar-refractivity contribution in [3.05, 3.63) is 5.51 Å². The highest BCUT2D eigenvalue weighted by molar-refractivity contribution is 8.01. The topological polar surface area (TPSA) is 51.8 Å². The summed E-state index contributed by atoms with van der Waals surface area (Å²) in [5.74, 6) is 1.55. The fourth-order valence-corrected chi connectivity index (χ4v) is 4.57. The predicted octanol–water partition coefficient (Wildman–Crippen LogP) is 2.78. The van der Waals surface area contributed by atoms with Crippen LogP contribution in [0.25, 0.3) is 0 Å². The van der Waals surface area contributed by atoms with Crippen LogP contribution < -0.4 is 5.73 Å². The van der Waals surface area contributed by atoms with Gasteiger partial charge in [0.1, 0.15) is 5.51 Å². The molecule has 1 fully saturated rings. The normalized spacial score (nSPS) is 30.5. The van der Waals surface area contributed by atoms with Crippen LogP contribution in [0.4, 0.5) is 0 Å². The van der Waals surface area contributed by atoms with E-state index in [-0.39, 0.29) is 0 Å². The van der Waals surface area contributed by atoms with E-state index in [1.807, 2.05) is 11.8 Å². The van der Waals surface area contributed by atoms with Gasteiger partial charge in [0.2, 0.25) is 0 Å². The van der Waals surface area contributed by atoms with E-state index in [9.17, 15) is 0 Å². The Labute approximate surface area is 105 Å². The van der Waals surface area contributed by atoms with Crippen molar-refractivity contribution in [2.24, 2.45) is 17.6 Å². The summed E-state index contributed by atoms with van der Waals surface area (Å²) in [6, 6.07) is 0. The van der Waals surface area contributed by atoms with Crippen LogP contribution in [0.15, 0.2) is 9.85 Å². The Bertz CT molecular complexity index is 302. The molecule has 2 N–H and O–H groups in total. The molecule has 16 heavy (non-hydrogen) atoms. The van der Waals surface area contributed by atoms with Gasteiger partial charge in [-0.3, -0.25) is 0 Å². The van der Waals surface area contributed by atoms with E-state index in [0.29, 0.717) is 11.2 Å². The first kappa shape index (κ1) is 12.3. The van der Waals surface area contributed by atoms with Gasteiger partial charge in [-0.1, -0.05) is 42.9 Å². The number of nitrogens with two attached hydrogens (primary N) is 1. The van der Waals surface area contributed by atoms with Crippen LogP contribution in [0.5, 0.6) is 0 Å². The molecular formula is C11H19N3S2. The van der Waals surface area contributed by atoms with Crippen molar-refractivity contribution >= 4 is 23.1 Å². The van der Waals surface area contributed by atoms with Gasteiger partial charge in [-0.25, -0.2) is 0 Å². The second-order valence-electron chi connectivity index (χ2n) is 4.44. The molecule has 0 aromatic carbocycles. The average molecular weight is 257 g/mol. The summed E-state index contributed by atoms with van der Waals surface area (Å²) in [6.45, 7) is 3.10. The molecule has 0 aliphatic heterocycles. The lowest BCUT2D eigenvalue weighted by Gasteiger charge is -2.34. The summed E-state index contributed by atoms with van der Waals surface area (Å²) < 4.78 is 1.10. The molecule has 0 spiro atoms. The Hall–Kier alpha value is -0.130. The summed E-state index contributed by atoms with van der Waals surface area (Å²) in [7, 11) is 0. The molecule has 1 aromatic heterocycles. The smallest absolute Gasteiger partial charge is 0.174 e. The lowest BCUT2D eigenvalue weighted by atomic mass is 9.80. The minimum absolute atomic E-state index is 0.650. The molecule has 3 unspecified atom stereocenters. The van der Waals surface area contributed by atoms with Crippen LogP contribution in [-0.2, 0) is 0 Å². The Morgan fingerprint density at radius 1 is 1.56 bits per heavy atom. The van der Waals surface area contributed by atoms with Gasteiger partial charge in [0.25, 0.3) is 0 Å². The third-order valence-corrected chi connectivity index (χ3v) is 5.73. The average Bonchev–Trinajstić information content (AvgIpc) is 2.82. The molecule has 0 radical (unpaired) electrons. The molecule has 1 aliphatic carbocycles. The van der Waals surface area contributed by atoms with Crippen molar-refractivity contribution in [1.82, 2.24) is 10.2 Å². The van der Waals surface area contributed by atoms with E-state index in [1.165, 1.54) is 25.7 Å². The fraction of sp³-hybridized carbons (Fsp3) is 0.818. The van der Waals surface area contributed by atoms with Gasteiger partial charge in [0.05, 0.1) is 0 Å². The highest BCUT2D eigenvalue weighted by atomic mass is 32.2. The standard InChI is InChI=1S/C11H19N3S2/c1-2-8-3-4-9(6-12)10(5-8)16-11-14-13-7-15-11/h7-10H,2-6,12H2,1H3. The van der Waals surface area contributed by atoms with Gasteiger partial charge in [0.15, 0.2) is 4.34 Å². The monoisotopic (exact) mass is 257 g/mol. The van der Waals surface area contributed by atoms with E-state index in [4.69, 9.17) is 5.73 Å². The Kier molecular flexibility index (Phi) is 4.61. The van der Waals surface area contributed by atoms with Crippen LogP contribution in [-0.4, -0.2) is 22.0 Å². The molecule has 1 saturated carbocycles. The summed E-state index contributed by atoms with van der Waals surface area (Å²) in [5.41, 5.74) is 7.67. The van der Waals surface area contributed by atoms with Crippen molar-refractivity contribution < 1.29 is 0 Å². The molecule has 0 saturated heterocycles. The highest BCUT2D eigenvalue weighted by Gasteiger charge is 2.30. The third-order valence-electron chi connectivity index (χ3n) is 3.51. The minimum atomic E-state index is 0.650. The Morgan fingerprint density at radius 2 is 2.44 bits per heavy atom. The van der Waals surface area contributed by atoms with Crippen LogP contribution in [0.2, 0.25) is 0 Å². The molecule has 3 nitrogen and oxygen atoms in total. The Balaban J connectivity index is 1.97. The molecule has 5 heteroatoms. The van der Waals surface area contributed by atoms with Gasteiger partial charge in [0, 0.05) is 5.25 Å². The molecule has 1 heterocycles. The summed E-state index contributed by atoms with van der Waals surface area (Å²) >= 11 is 3.53. The van der Waals surface area contributed by atoms with Gasteiger partial charge in [-0.15, -0.1) is 10.2 Å². The van der Waals surface area contributed by atoms with Crippen LogP contribution in [0, 0.1) is 11.8 Å². The maximum Gasteiger partial charge on any atom is 0.174 e. The first-order valence-electron chi connectivity index (χ1n) is 5.96. The fourth-order valence-electron chi connectivity index (χ4n) is 2.40. The maximum absolute atomic E-state index is 5.86. The first-order valence-corrected chi connectivity index (χ1v) is 7.72. The van der Waals surface area contributed by atoms with Crippen LogP contribution >= 0.6 is 23.1 Å². The zero-order valence-corrected chi connectivity index (χ0v) is 11.3. The summed E-state index contributed by atoms with van der Waals surface area (Å²) in [4.78, 5) is 0. The van der Waals surface area contributed by atoms with Crippen molar-refractivity contribution in [3.8, 4) is 0 Å². The van der Waals surface area contributed by atoms with E-state index < -0.39 is 0 Å². The van der Waals surface area contributed by atoms with E-state index in [1.54, 1.807) is 16.8 Å². The van der Waals surface area contributed by atoms with Gasteiger partial charge in [-0.05, 0) is 31.2 Å². The van der Waals surface area contributed by atoms with Gasteiger partial charge >= 0.3 is 0 Å². The lowest BCUT2D eigenvalue weighted by Crippen LogP contribution is -2.32.